The van der Waals surface area contributed by atoms with Crippen molar-refractivity contribution in [3.63, 3.8) is 0 Å². The van der Waals surface area contributed by atoms with Crippen molar-refractivity contribution in [2.45, 2.75) is 38.8 Å². The summed E-state index contributed by atoms with van der Waals surface area (Å²) in [6.45, 7) is 3.44. The fourth-order valence-corrected chi connectivity index (χ4v) is 3.13. The second-order valence-electron chi connectivity index (χ2n) is 7.20. The number of fused-ring (bicyclic) bond motifs is 1. The van der Waals surface area contributed by atoms with Gasteiger partial charge in [0.2, 0.25) is 0 Å². The quantitative estimate of drug-likeness (QED) is 0.591. The van der Waals surface area contributed by atoms with Crippen LogP contribution in [0.1, 0.15) is 36.2 Å². The van der Waals surface area contributed by atoms with Gasteiger partial charge in [0.15, 0.2) is 6.10 Å². The first-order valence-corrected chi connectivity index (χ1v) is 9.71. The van der Waals surface area contributed by atoms with E-state index >= 15 is 0 Å². The van der Waals surface area contributed by atoms with Crippen LogP contribution in [-0.2, 0) is 16.0 Å². The van der Waals surface area contributed by atoms with E-state index in [0.29, 0.717) is 0 Å². The molecule has 0 saturated heterocycles. The van der Waals surface area contributed by atoms with Crippen LogP contribution in [0.5, 0.6) is 5.75 Å². The Bertz CT molecular complexity index is 1000. The summed E-state index contributed by atoms with van der Waals surface area (Å²) in [5.74, 6) is -1.26. The van der Waals surface area contributed by atoms with E-state index in [1.54, 1.807) is 6.07 Å². The summed E-state index contributed by atoms with van der Waals surface area (Å²) in [6, 6.07) is 20.5. The SMILES string of the molecule is C[C@H](CCc1ccccc1)NC(=O)[C@H](C)OC(=O)c1cc2ccccc2cc1O. The molecule has 0 fully saturated rings. The highest BCUT2D eigenvalue weighted by molar-refractivity contribution is 5.99. The third-order valence-corrected chi connectivity index (χ3v) is 4.83. The third-order valence-electron chi connectivity index (χ3n) is 4.83. The standard InChI is InChI=1S/C24H25NO4/c1-16(12-13-18-8-4-3-5-9-18)25-23(27)17(2)29-24(28)21-14-19-10-6-7-11-20(19)15-22(21)26/h3-11,14-17,26H,12-13H2,1-2H3,(H,25,27)/t16-,17+/m1/s1. The lowest BCUT2D eigenvalue weighted by molar-refractivity contribution is -0.129. The van der Waals surface area contributed by atoms with E-state index in [-0.39, 0.29) is 23.3 Å². The van der Waals surface area contributed by atoms with Crippen molar-refractivity contribution in [3.05, 3.63) is 77.9 Å². The smallest absolute Gasteiger partial charge is 0.342 e. The van der Waals surface area contributed by atoms with Gasteiger partial charge >= 0.3 is 5.97 Å². The molecule has 1 amide bonds. The number of amides is 1. The predicted molar refractivity (Wildman–Crippen MR) is 113 cm³/mol. The van der Waals surface area contributed by atoms with Crippen molar-refractivity contribution >= 4 is 22.6 Å². The minimum absolute atomic E-state index is 0.0421. The van der Waals surface area contributed by atoms with Crippen LogP contribution in [0, 0.1) is 0 Å². The van der Waals surface area contributed by atoms with Crippen molar-refractivity contribution in [1.82, 2.24) is 5.32 Å². The number of benzene rings is 3. The minimum Gasteiger partial charge on any atom is -0.507 e. The number of aryl methyl sites for hydroxylation is 1. The molecule has 150 valence electrons. The molecule has 2 atom stereocenters. The van der Waals surface area contributed by atoms with Crippen molar-refractivity contribution in [3.8, 4) is 5.75 Å². The lowest BCUT2D eigenvalue weighted by Gasteiger charge is -2.18. The molecule has 29 heavy (non-hydrogen) atoms. The first kappa shape index (κ1) is 20.4. The van der Waals surface area contributed by atoms with Crippen molar-refractivity contribution in [1.29, 1.82) is 0 Å². The number of nitrogens with one attached hydrogen (secondary N) is 1. The zero-order valence-corrected chi connectivity index (χ0v) is 16.6. The summed E-state index contributed by atoms with van der Waals surface area (Å²) >= 11 is 0. The molecule has 0 aliphatic rings. The largest absolute Gasteiger partial charge is 0.507 e. The molecule has 0 unspecified atom stereocenters. The van der Waals surface area contributed by atoms with E-state index in [0.717, 1.165) is 23.6 Å². The van der Waals surface area contributed by atoms with Crippen LogP contribution in [0.15, 0.2) is 66.7 Å². The number of aromatic hydroxyl groups is 1. The van der Waals surface area contributed by atoms with Crippen molar-refractivity contribution in [2.75, 3.05) is 0 Å². The molecule has 5 nitrogen and oxygen atoms in total. The number of phenolic OH excluding ortho intramolecular Hbond substituents is 1. The summed E-state index contributed by atoms with van der Waals surface area (Å²) in [5.41, 5.74) is 1.25. The van der Waals surface area contributed by atoms with Gasteiger partial charge in [0.1, 0.15) is 11.3 Å². The average Bonchev–Trinajstić information content (AvgIpc) is 2.72. The van der Waals surface area contributed by atoms with Gasteiger partial charge in [-0.15, -0.1) is 0 Å². The Morgan fingerprint density at radius 2 is 1.59 bits per heavy atom. The molecule has 0 aliphatic carbocycles. The van der Waals surface area contributed by atoms with E-state index in [9.17, 15) is 14.7 Å². The van der Waals surface area contributed by atoms with Gasteiger partial charge < -0.3 is 15.2 Å². The molecule has 0 spiro atoms. The first-order chi connectivity index (χ1) is 13.9. The summed E-state index contributed by atoms with van der Waals surface area (Å²) in [7, 11) is 0. The third kappa shape index (κ3) is 5.35. The second kappa shape index (κ2) is 9.24. The number of phenols is 1. The van der Waals surface area contributed by atoms with E-state index in [2.05, 4.69) is 17.4 Å². The van der Waals surface area contributed by atoms with Crippen molar-refractivity contribution < 1.29 is 19.4 Å². The molecular formula is C24H25NO4. The highest BCUT2D eigenvalue weighted by Crippen LogP contribution is 2.25. The number of carbonyl (C=O) groups excluding carboxylic acids is 2. The second-order valence-corrected chi connectivity index (χ2v) is 7.20. The number of hydrogen-bond donors (Lipinski definition) is 2. The Hall–Kier alpha value is -3.34. The molecule has 0 heterocycles. The molecule has 0 radical (unpaired) electrons. The van der Waals surface area contributed by atoms with Gasteiger partial charge in [-0.3, -0.25) is 4.79 Å². The lowest BCUT2D eigenvalue weighted by Crippen LogP contribution is -2.41. The van der Waals surface area contributed by atoms with Crippen molar-refractivity contribution in [2.24, 2.45) is 0 Å². The van der Waals surface area contributed by atoms with Crippen LogP contribution in [-0.4, -0.2) is 29.1 Å². The normalized spacial score (nSPS) is 12.9. The lowest BCUT2D eigenvalue weighted by atomic mass is 10.1. The average molecular weight is 391 g/mol. The topological polar surface area (TPSA) is 75.6 Å². The molecule has 5 heteroatoms. The van der Waals surface area contributed by atoms with Gasteiger partial charge in [-0.1, -0.05) is 54.6 Å². The number of esters is 1. The Morgan fingerprint density at radius 3 is 2.28 bits per heavy atom. The zero-order chi connectivity index (χ0) is 20.8. The van der Waals surface area contributed by atoms with Crippen LogP contribution >= 0.6 is 0 Å². The van der Waals surface area contributed by atoms with Crippen LogP contribution < -0.4 is 5.32 Å². The number of carbonyl (C=O) groups is 2. The molecule has 0 bridgehead atoms. The van der Waals surface area contributed by atoms with Crippen LogP contribution in [0.3, 0.4) is 0 Å². The minimum atomic E-state index is -0.965. The highest BCUT2D eigenvalue weighted by Gasteiger charge is 2.22. The Labute approximate surface area is 170 Å². The highest BCUT2D eigenvalue weighted by atomic mass is 16.5. The maximum absolute atomic E-state index is 12.5. The fraction of sp³-hybridized carbons (Fsp3) is 0.250. The fourth-order valence-electron chi connectivity index (χ4n) is 3.13. The summed E-state index contributed by atoms with van der Waals surface area (Å²) in [4.78, 5) is 24.8. The molecule has 3 aromatic rings. The monoisotopic (exact) mass is 391 g/mol. The predicted octanol–water partition coefficient (Wildman–Crippen LogP) is 4.23. The van der Waals surface area contributed by atoms with Crippen LogP contribution in [0.25, 0.3) is 10.8 Å². The summed E-state index contributed by atoms with van der Waals surface area (Å²) < 4.78 is 5.28. The van der Waals surface area contributed by atoms with Gasteiger partial charge in [-0.2, -0.15) is 0 Å². The van der Waals surface area contributed by atoms with E-state index in [4.69, 9.17) is 4.74 Å². The molecule has 3 aromatic carbocycles. The Morgan fingerprint density at radius 1 is 0.966 bits per heavy atom. The van der Waals surface area contributed by atoms with Gasteiger partial charge in [0.25, 0.3) is 5.91 Å². The van der Waals surface area contributed by atoms with E-state index < -0.39 is 12.1 Å². The van der Waals surface area contributed by atoms with E-state index in [1.165, 1.54) is 18.6 Å². The van der Waals surface area contributed by atoms with Crippen LogP contribution in [0.4, 0.5) is 0 Å². The van der Waals surface area contributed by atoms with Crippen LogP contribution in [0.2, 0.25) is 0 Å². The van der Waals surface area contributed by atoms with Gasteiger partial charge in [-0.25, -0.2) is 4.79 Å². The van der Waals surface area contributed by atoms with Gasteiger partial charge in [-0.05, 0) is 55.2 Å². The van der Waals surface area contributed by atoms with Gasteiger partial charge in [0.05, 0.1) is 0 Å². The zero-order valence-electron chi connectivity index (χ0n) is 16.6. The summed E-state index contributed by atoms with van der Waals surface area (Å²) in [5, 5.41) is 14.7. The Balaban J connectivity index is 1.56. The van der Waals surface area contributed by atoms with Gasteiger partial charge in [0, 0.05) is 6.04 Å². The molecule has 2 N–H and O–H groups in total. The molecule has 0 aliphatic heterocycles. The maximum atomic E-state index is 12.5. The van der Waals surface area contributed by atoms with E-state index in [1.807, 2.05) is 49.4 Å². The maximum Gasteiger partial charge on any atom is 0.342 e. The first-order valence-electron chi connectivity index (χ1n) is 9.71. The Kier molecular flexibility index (Phi) is 6.50. The number of ether oxygens (including phenoxy) is 1. The molecular weight excluding hydrogens is 366 g/mol. The molecule has 3 rings (SSSR count). The summed E-state index contributed by atoms with van der Waals surface area (Å²) in [6.07, 6.45) is 0.663. The molecule has 0 saturated carbocycles. The number of hydrogen-bond acceptors (Lipinski definition) is 4. The molecule has 0 aromatic heterocycles. The number of rotatable bonds is 7.